The smallest absolute Gasteiger partial charge is 0.254 e. The van der Waals surface area contributed by atoms with Crippen LogP contribution in [-0.2, 0) is 9.47 Å². The van der Waals surface area contributed by atoms with Gasteiger partial charge in [0.1, 0.15) is 11.4 Å². The monoisotopic (exact) mass is 302 g/mol. The van der Waals surface area contributed by atoms with E-state index in [-0.39, 0.29) is 18.3 Å². The van der Waals surface area contributed by atoms with E-state index in [0.29, 0.717) is 0 Å². The van der Waals surface area contributed by atoms with E-state index < -0.39 is 29.4 Å². The molecule has 1 amide bonds. The van der Waals surface area contributed by atoms with Gasteiger partial charge in [-0.2, -0.15) is 0 Å². The fraction of sp³-hybridized carbons (Fsp3) is 0.385. The number of nitrogens with zero attached hydrogens (tertiary/aromatic N) is 1. The Labute approximate surface area is 120 Å². The molecule has 8 heteroatoms. The summed E-state index contributed by atoms with van der Waals surface area (Å²) in [5.74, 6) is -3.63. The first-order chi connectivity index (χ1) is 9.90. The second kappa shape index (κ2) is 7.53. The van der Waals surface area contributed by atoms with Gasteiger partial charge in [-0.25, -0.2) is 8.78 Å². The summed E-state index contributed by atoms with van der Waals surface area (Å²) in [6, 6.07) is 1.93. The highest BCUT2D eigenvalue weighted by atomic mass is 19.1. The van der Waals surface area contributed by atoms with E-state index in [9.17, 15) is 13.6 Å². The van der Waals surface area contributed by atoms with Gasteiger partial charge in [0.2, 0.25) is 5.90 Å². The van der Waals surface area contributed by atoms with E-state index in [1.807, 2.05) is 0 Å². The maximum absolute atomic E-state index is 13.9. The molecule has 21 heavy (non-hydrogen) atoms. The van der Waals surface area contributed by atoms with Gasteiger partial charge in [0, 0.05) is 14.2 Å². The molecule has 0 saturated heterocycles. The number of hydrogen-bond acceptors (Lipinski definition) is 5. The van der Waals surface area contributed by atoms with Crippen LogP contribution in [0.25, 0.3) is 0 Å². The molecule has 0 fully saturated rings. The van der Waals surface area contributed by atoms with Crippen LogP contribution in [0.4, 0.5) is 8.78 Å². The van der Waals surface area contributed by atoms with Crippen molar-refractivity contribution in [2.24, 2.45) is 10.7 Å². The van der Waals surface area contributed by atoms with Crippen LogP contribution in [0.3, 0.4) is 0 Å². The van der Waals surface area contributed by atoms with Gasteiger partial charge in [0.15, 0.2) is 24.5 Å². The van der Waals surface area contributed by atoms with Crippen LogP contribution in [0.1, 0.15) is 17.3 Å². The summed E-state index contributed by atoms with van der Waals surface area (Å²) in [5, 5.41) is 0. The molecule has 1 atom stereocenters. The molecule has 1 rings (SSSR count). The van der Waals surface area contributed by atoms with Gasteiger partial charge in [-0.1, -0.05) is 0 Å². The molecule has 0 aliphatic carbocycles. The lowest BCUT2D eigenvalue weighted by atomic mass is 10.1. The third-order valence-corrected chi connectivity index (χ3v) is 2.54. The zero-order valence-electron chi connectivity index (χ0n) is 11.9. The molecule has 0 spiro atoms. The Hall–Kier alpha value is -2.22. The summed E-state index contributed by atoms with van der Waals surface area (Å²) in [6.07, 6.45) is -0.563. The lowest BCUT2D eigenvalue weighted by Crippen LogP contribution is -2.23. The minimum absolute atomic E-state index is 0.147. The third kappa shape index (κ3) is 4.38. The van der Waals surface area contributed by atoms with Crippen molar-refractivity contribution in [3.8, 4) is 5.75 Å². The maximum Gasteiger partial charge on any atom is 0.254 e. The van der Waals surface area contributed by atoms with Crippen LogP contribution in [0, 0.1) is 11.6 Å². The fourth-order valence-corrected chi connectivity index (χ4v) is 1.40. The van der Waals surface area contributed by atoms with Crippen LogP contribution in [-0.4, -0.2) is 38.9 Å². The Morgan fingerprint density at radius 2 is 2.10 bits per heavy atom. The van der Waals surface area contributed by atoms with Gasteiger partial charge in [-0.15, -0.1) is 0 Å². The summed E-state index contributed by atoms with van der Waals surface area (Å²) in [6.45, 7) is 1.42. The van der Waals surface area contributed by atoms with Crippen LogP contribution < -0.4 is 10.5 Å². The van der Waals surface area contributed by atoms with E-state index in [1.165, 1.54) is 14.2 Å². The van der Waals surface area contributed by atoms with Gasteiger partial charge in [0.25, 0.3) is 5.91 Å². The summed E-state index contributed by atoms with van der Waals surface area (Å²) in [5.41, 5.74) is 4.06. The topological polar surface area (TPSA) is 83.1 Å². The summed E-state index contributed by atoms with van der Waals surface area (Å²) in [4.78, 5) is 14.8. The van der Waals surface area contributed by atoms with Crippen molar-refractivity contribution >= 4 is 11.8 Å². The number of aliphatic imine (C=N–C) groups is 1. The first kappa shape index (κ1) is 16.8. The van der Waals surface area contributed by atoms with Crippen molar-refractivity contribution in [2.75, 3.05) is 20.8 Å². The van der Waals surface area contributed by atoms with Crippen LogP contribution in [0.15, 0.2) is 17.1 Å². The zero-order valence-corrected chi connectivity index (χ0v) is 11.9. The van der Waals surface area contributed by atoms with Crippen LogP contribution >= 0.6 is 0 Å². The summed E-state index contributed by atoms with van der Waals surface area (Å²) < 4.78 is 42.4. The number of rotatable bonds is 6. The van der Waals surface area contributed by atoms with Crippen molar-refractivity contribution in [3.63, 3.8) is 0 Å². The highest BCUT2D eigenvalue weighted by Crippen LogP contribution is 2.23. The molecule has 6 nitrogen and oxygen atoms in total. The molecule has 1 aromatic rings. The van der Waals surface area contributed by atoms with E-state index in [4.69, 9.17) is 19.9 Å². The van der Waals surface area contributed by atoms with Crippen LogP contribution in [0.2, 0.25) is 0 Å². The predicted octanol–water partition coefficient (Wildman–Crippen LogP) is 1.48. The van der Waals surface area contributed by atoms with E-state index in [0.717, 1.165) is 12.1 Å². The Balaban J connectivity index is 2.85. The second-order valence-corrected chi connectivity index (χ2v) is 3.93. The van der Waals surface area contributed by atoms with Gasteiger partial charge in [-0.05, 0) is 19.1 Å². The SMILES string of the molecule is CN=C(COc1ccc(F)c(C(N)=O)c1F)OC(C)OC. The maximum atomic E-state index is 13.9. The molecule has 1 aromatic carbocycles. The van der Waals surface area contributed by atoms with Crippen LogP contribution in [0.5, 0.6) is 5.75 Å². The average Bonchev–Trinajstić information content (AvgIpc) is 2.44. The normalized spacial score (nSPS) is 12.9. The number of amides is 1. The molecule has 0 bridgehead atoms. The molecular weight excluding hydrogens is 286 g/mol. The molecular formula is C13H16F2N2O4. The number of primary amides is 1. The highest BCUT2D eigenvalue weighted by molar-refractivity contribution is 5.93. The lowest BCUT2D eigenvalue weighted by Gasteiger charge is -2.15. The Morgan fingerprint density at radius 3 is 2.62 bits per heavy atom. The van der Waals surface area contributed by atoms with E-state index in [1.54, 1.807) is 6.92 Å². The number of nitrogens with two attached hydrogens (primary N) is 1. The molecule has 2 N–H and O–H groups in total. The molecule has 0 saturated carbocycles. The number of benzene rings is 1. The molecule has 0 aliphatic heterocycles. The number of hydrogen-bond donors (Lipinski definition) is 1. The Morgan fingerprint density at radius 1 is 1.43 bits per heavy atom. The number of halogens is 2. The molecule has 116 valence electrons. The van der Waals surface area contributed by atoms with Crippen molar-refractivity contribution in [3.05, 3.63) is 29.3 Å². The number of carbonyl (C=O) groups is 1. The average molecular weight is 302 g/mol. The van der Waals surface area contributed by atoms with Crippen molar-refractivity contribution < 1.29 is 27.8 Å². The lowest BCUT2D eigenvalue weighted by molar-refractivity contribution is -0.0507. The van der Waals surface area contributed by atoms with Gasteiger partial charge < -0.3 is 19.9 Å². The minimum atomic E-state index is -1.22. The number of methoxy groups -OCH3 is 1. The summed E-state index contributed by atoms with van der Waals surface area (Å²) >= 11 is 0. The second-order valence-electron chi connectivity index (χ2n) is 3.93. The predicted molar refractivity (Wildman–Crippen MR) is 71.3 cm³/mol. The van der Waals surface area contributed by atoms with Gasteiger partial charge in [-0.3, -0.25) is 9.79 Å². The fourth-order valence-electron chi connectivity index (χ4n) is 1.40. The zero-order chi connectivity index (χ0) is 16.0. The first-order valence-electron chi connectivity index (χ1n) is 5.96. The van der Waals surface area contributed by atoms with Crippen molar-refractivity contribution in [1.82, 2.24) is 0 Å². The van der Waals surface area contributed by atoms with Crippen molar-refractivity contribution in [1.29, 1.82) is 0 Å². The molecule has 0 aliphatic rings. The van der Waals surface area contributed by atoms with Gasteiger partial charge in [0.05, 0.1) is 0 Å². The highest BCUT2D eigenvalue weighted by Gasteiger charge is 2.19. The number of ether oxygens (including phenoxy) is 3. The van der Waals surface area contributed by atoms with Crippen molar-refractivity contribution in [2.45, 2.75) is 13.2 Å². The van der Waals surface area contributed by atoms with E-state index >= 15 is 0 Å². The minimum Gasteiger partial charge on any atom is -0.481 e. The largest absolute Gasteiger partial charge is 0.481 e. The molecule has 0 radical (unpaired) electrons. The summed E-state index contributed by atoms with van der Waals surface area (Å²) in [7, 11) is 2.90. The Bertz CT molecular complexity index is 549. The van der Waals surface area contributed by atoms with Gasteiger partial charge >= 0.3 is 0 Å². The molecule has 0 aromatic heterocycles. The molecule has 0 heterocycles. The Kier molecular flexibility index (Phi) is 6.04. The standard InChI is InChI=1S/C13H16F2N2O4/c1-7(19-3)21-10(17-2)6-20-9-5-4-8(14)11(12(9)15)13(16)18/h4-5,7H,6H2,1-3H3,(H2,16,18). The quantitative estimate of drug-likeness (QED) is 0.490. The number of carbonyl (C=O) groups excluding carboxylic acids is 1. The van der Waals surface area contributed by atoms with E-state index in [2.05, 4.69) is 4.99 Å². The third-order valence-electron chi connectivity index (χ3n) is 2.54. The first-order valence-corrected chi connectivity index (χ1v) is 5.96. The molecule has 1 unspecified atom stereocenters.